The van der Waals surface area contributed by atoms with Crippen LogP contribution in [0.5, 0.6) is 5.75 Å². The second-order valence-electron chi connectivity index (χ2n) is 9.39. The third-order valence-corrected chi connectivity index (χ3v) is 7.09. The Labute approximate surface area is 219 Å². The zero-order chi connectivity index (χ0) is 26.1. The van der Waals surface area contributed by atoms with Gasteiger partial charge in [-0.3, -0.25) is 0 Å². The van der Waals surface area contributed by atoms with Gasteiger partial charge in [0.05, 0.1) is 11.3 Å². The normalized spacial score (nSPS) is 11.6. The van der Waals surface area contributed by atoms with E-state index >= 15 is 0 Å². The average Bonchev–Trinajstić information content (AvgIpc) is 2.90. The molecule has 1 heterocycles. The number of unbranched alkanes of at least 4 members (excludes halogenated alkanes) is 1. The molecule has 0 spiro atoms. The molecular weight excluding hydrogens is 484 g/mol. The summed E-state index contributed by atoms with van der Waals surface area (Å²) >= 11 is 0. The van der Waals surface area contributed by atoms with Gasteiger partial charge in [-0.1, -0.05) is 36.4 Å². The van der Waals surface area contributed by atoms with E-state index in [2.05, 4.69) is 38.4 Å². The average molecular weight is 519 g/mol. The van der Waals surface area contributed by atoms with E-state index in [9.17, 15) is 8.42 Å². The number of nitrogens with one attached hydrogen (secondary N) is 1. The van der Waals surface area contributed by atoms with Crippen molar-refractivity contribution in [3.63, 3.8) is 0 Å². The molecule has 8 heteroatoms. The Morgan fingerprint density at radius 3 is 2.43 bits per heavy atom. The number of sulfone groups is 1. The highest BCUT2D eigenvalue weighted by Crippen LogP contribution is 2.25. The maximum atomic E-state index is 11.3. The minimum absolute atomic E-state index is 0.205. The Morgan fingerprint density at radius 1 is 0.892 bits per heavy atom. The lowest BCUT2D eigenvalue weighted by atomic mass is 10.1. The summed E-state index contributed by atoms with van der Waals surface area (Å²) in [4.78, 5) is 11.0. The lowest BCUT2D eigenvalue weighted by molar-refractivity contribution is 0.306. The van der Waals surface area contributed by atoms with E-state index in [0.717, 1.165) is 59.5 Å². The second-order valence-corrected chi connectivity index (χ2v) is 11.6. The fourth-order valence-electron chi connectivity index (χ4n) is 4.01. The number of hydrogen-bond acceptors (Lipinski definition) is 7. The van der Waals surface area contributed by atoms with Crippen LogP contribution in [-0.2, 0) is 22.9 Å². The molecule has 1 aromatic heterocycles. The van der Waals surface area contributed by atoms with Crippen LogP contribution in [-0.4, -0.2) is 55.4 Å². The lowest BCUT2D eigenvalue weighted by Crippen LogP contribution is -2.26. The Balaban J connectivity index is 1.30. The molecule has 1 N–H and O–H groups in total. The van der Waals surface area contributed by atoms with Crippen molar-refractivity contribution in [1.29, 1.82) is 0 Å². The minimum atomic E-state index is -2.92. The maximum absolute atomic E-state index is 11.3. The number of anilines is 2. The fourth-order valence-corrected chi connectivity index (χ4v) is 4.66. The van der Waals surface area contributed by atoms with E-state index in [1.807, 2.05) is 61.6 Å². The number of nitrogens with zero attached hydrogens (tertiary/aromatic N) is 3. The molecule has 194 valence electrons. The van der Waals surface area contributed by atoms with Gasteiger partial charge in [0.15, 0.2) is 0 Å². The Morgan fingerprint density at radius 2 is 1.68 bits per heavy atom. The van der Waals surface area contributed by atoms with Gasteiger partial charge in [-0.05, 0) is 80.4 Å². The van der Waals surface area contributed by atoms with Gasteiger partial charge in [-0.15, -0.1) is 0 Å². The van der Waals surface area contributed by atoms with E-state index < -0.39 is 9.84 Å². The fraction of sp³-hybridized carbons (Fsp3) is 0.310. The zero-order valence-corrected chi connectivity index (χ0v) is 22.2. The lowest BCUT2D eigenvalue weighted by Gasteiger charge is -2.15. The van der Waals surface area contributed by atoms with Crippen LogP contribution in [0.3, 0.4) is 0 Å². The standard InChI is InChI=1S/C29H34N4O3S/c1-33(18-19-37(2,34)35)17-7-6-8-23-11-16-27-28(20-23)30-22-31-29(27)32-25-12-14-26(15-13-25)36-21-24-9-4-3-5-10-24/h3-5,9-16,20,22H,6-8,17-19,21H2,1-2H3,(H,30,31,32). The molecule has 0 aliphatic rings. The van der Waals surface area contributed by atoms with Gasteiger partial charge in [-0.25, -0.2) is 18.4 Å². The number of fused-ring (bicyclic) bond motifs is 1. The van der Waals surface area contributed by atoms with Crippen molar-refractivity contribution >= 4 is 32.2 Å². The summed E-state index contributed by atoms with van der Waals surface area (Å²) in [7, 11) is -0.946. The van der Waals surface area contributed by atoms with Gasteiger partial charge in [0, 0.05) is 23.9 Å². The van der Waals surface area contributed by atoms with Crippen LogP contribution < -0.4 is 10.1 Å². The topological polar surface area (TPSA) is 84.4 Å². The molecule has 3 aromatic carbocycles. The minimum Gasteiger partial charge on any atom is -0.489 e. The predicted octanol–water partition coefficient (Wildman–Crippen LogP) is 5.25. The van der Waals surface area contributed by atoms with Crippen LogP contribution in [0.2, 0.25) is 0 Å². The molecule has 0 amide bonds. The van der Waals surface area contributed by atoms with Crippen LogP contribution >= 0.6 is 0 Å². The molecule has 0 saturated carbocycles. The van der Waals surface area contributed by atoms with Gasteiger partial charge >= 0.3 is 0 Å². The SMILES string of the molecule is CN(CCCCc1ccc2c(Nc3ccc(OCc4ccccc4)cc3)ncnc2c1)CCS(C)(=O)=O. The molecule has 0 unspecified atom stereocenters. The number of ether oxygens (including phenoxy) is 1. The van der Waals surface area contributed by atoms with Crippen molar-refractivity contribution in [3.8, 4) is 5.75 Å². The van der Waals surface area contributed by atoms with Gasteiger partial charge < -0.3 is 15.0 Å². The molecule has 0 fully saturated rings. The van der Waals surface area contributed by atoms with Crippen molar-refractivity contribution in [2.24, 2.45) is 0 Å². The highest BCUT2D eigenvalue weighted by molar-refractivity contribution is 7.90. The molecule has 0 radical (unpaired) electrons. The highest BCUT2D eigenvalue weighted by atomic mass is 32.2. The van der Waals surface area contributed by atoms with Crippen molar-refractivity contribution < 1.29 is 13.2 Å². The first-order valence-corrected chi connectivity index (χ1v) is 14.6. The van der Waals surface area contributed by atoms with Crippen LogP contribution in [0.4, 0.5) is 11.5 Å². The molecule has 0 saturated heterocycles. The van der Waals surface area contributed by atoms with Crippen LogP contribution in [0.25, 0.3) is 10.9 Å². The van der Waals surface area contributed by atoms with Gasteiger partial charge in [0.25, 0.3) is 0 Å². The number of rotatable bonds is 13. The smallest absolute Gasteiger partial charge is 0.148 e. The number of aryl methyl sites for hydroxylation is 1. The van der Waals surface area contributed by atoms with Crippen molar-refractivity contribution in [2.45, 2.75) is 25.9 Å². The number of benzene rings is 3. The number of aromatic nitrogens is 2. The van der Waals surface area contributed by atoms with E-state index in [1.165, 1.54) is 11.8 Å². The molecule has 0 aliphatic carbocycles. The first-order chi connectivity index (χ1) is 17.9. The first-order valence-electron chi connectivity index (χ1n) is 12.5. The monoisotopic (exact) mass is 518 g/mol. The van der Waals surface area contributed by atoms with Gasteiger partial charge in [0.1, 0.15) is 34.3 Å². The third-order valence-electron chi connectivity index (χ3n) is 6.17. The van der Waals surface area contributed by atoms with Gasteiger partial charge in [-0.2, -0.15) is 0 Å². The molecule has 4 aromatic rings. The Bertz CT molecular complexity index is 1390. The zero-order valence-electron chi connectivity index (χ0n) is 21.4. The molecule has 7 nitrogen and oxygen atoms in total. The summed E-state index contributed by atoms with van der Waals surface area (Å²) < 4.78 is 28.5. The molecule has 0 atom stereocenters. The Kier molecular flexibility index (Phi) is 9.09. The molecule has 0 bridgehead atoms. The van der Waals surface area contributed by atoms with E-state index in [-0.39, 0.29) is 5.75 Å². The van der Waals surface area contributed by atoms with Crippen LogP contribution in [0, 0.1) is 0 Å². The summed E-state index contributed by atoms with van der Waals surface area (Å²) in [5, 5.41) is 4.37. The molecule has 0 aliphatic heterocycles. The predicted molar refractivity (Wildman–Crippen MR) is 150 cm³/mol. The van der Waals surface area contributed by atoms with E-state index in [1.54, 1.807) is 6.33 Å². The van der Waals surface area contributed by atoms with E-state index in [0.29, 0.717) is 13.2 Å². The highest BCUT2D eigenvalue weighted by Gasteiger charge is 2.08. The van der Waals surface area contributed by atoms with Crippen LogP contribution in [0.15, 0.2) is 79.1 Å². The van der Waals surface area contributed by atoms with Crippen molar-refractivity contribution in [3.05, 3.63) is 90.3 Å². The summed E-state index contributed by atoms with van der Waals surface area (Å²) in [6, 6.07) is 24.3. The Hall–Kier alpha value is -3.49. The first kappa shape index (κ1) is 26.6. The summed E-state index contributed by atoms with van der Waals surface area (Å²) in [6.45, 7) is 1.99. The largest absolute Gasteiger partial charge is 0.489 e. The molecule has 4 rings (SSSR count). The summed E-state index contributed by atoms with van der Waals surface area (Å²) in [6.07, 6.45) is 5.86. The number of hydrogen-bond donors (Lipinski definition) is 1. The molecule has 37 heavy (non-hydrogen) atoms. The molecular formula is C29H34N4O3S. The quantitative estimate of drug-likeness (QED) is 0.242. The van der Waals surface area contributed by atoms with Crippen LogP contribution in [0.1, 0.15) is 24.0 Å². The third kappa shape index (κ3) is 8.55. The second kappa shape index (κ2) is 12.7. The summed E-state index contributed by atoms with van der Waals surface area (Å²) in [5.41, 5.74) is 4.20. The van der Waals surface area contributed by atoms with Gasteiger partial charge in [0.2, 0.25) is 0 Å². The summed E-state index contributed by atoms with van der Waals surface area (Å²) in [5.74, 6) is 1.78. The maximum Gasteiger partial charge on any atom is 0.148 e. The van der Waals surface area contributed by atoms with Crippen molar-refractivity contribution in [2.75, 3.05) is 37.5 Å². The van der Waals surface area contributed by atoms with Crippen molar-refractivity contribution in [1.82, 2.24) is 14.9 Å². The van der Waals surface area contributed by atoms with E-state index in [4.69, 9.17) is 4.74 Å².